The molecule has 0 saturated carbocycles. The quantitative estimate of drug-likeness (QED) is 0.773. The fourth-order valence-corrected chi connectivity index (χ4v) is 2.22. The summed E-state index contributed by atoms with van der Waals surface area (Å²) in [6.45, 7) is 8.87. The Bertz CT molecular complexity index is 446. The summed E-state index contributed by atoms with van der Waals surface area (Å²) in [6.07, 6.45) is 0.825. The summed E-state index contributed by atoms with van der Waals surface area (Å²) in [7, 11) is 1.68. The number of hydrogen-bond donors (Lipinski definition) is 2. The highest BCUT2D eigenvalue weighted by atomic mass is 16.5. The molecule has 1 rings (SSSR count). The Kier molecular flexibility index (Phi) is 7.23. The standard InChI is InChI=1S/C17H28N2O2/c1-12(2)11-18-17(20)14(4)19-13(3)10-15-8-6-7-9-16(15)21-5/h6-9,12-14,19H,10-11H2,1-5H3,(H,18,20). The summed E-state index contributed by atoms with van der Waals surface area (Å²) in [4.78, 5) is 12.0. The van der Waals surface area contributed by atoms with Crippen molar-refractivity contribution in [2.45, 2.75) is 46.2 Å². The van der Waals surface area contributed by atoms with Crippen molar-refractivity contribution in [3.63, 3.8) is 0 Å². The highest BCUT2D eigenvalue weighted by molar-refractivity contribution is 5.81. The van der Waals surface area contributed by atoms with E-state index in [1.54, 1.807) is 7.11 Å². The zero-order valence-corrected chi connectivity index (χ0v) is 13.8. The predicted octanol–water partition coefficient (Wildman–Crippen LogP) is 2.38. The van der Waals surface area contributed by atoms with Crippen LogP contribution >= 0.6 is 0 Å². The zero-order chi connectivity index (χ0) is 15.8. The molecular formula is C17H28N2O2. The maximum atomic E-state index is 12.0. The van der Waals surface area contributed by atoms with Gasteiger partial charge in [-0.05, 0) is 37.8 Å². The molecule has 0 fully saturated rings. The van der Waals surface area contributed by atoms with Gasteiger partial charge in [0.05, 0.1) is 13.2 Å². The van der Waals surface area contributed by atoms with Gasteiger partial charge in [0.25, 0.3) is 0 Å². The van der Waals surface area contributed by atoms with Crippen molar-refractivity contribution in [2.24, 2.45) is 5.92 Å². The summed E-state index contributed by atoms with van der Waals surface area (Å²) in [5.41, 5.74) is 1.15. The highest BCUT2D eigenvalue weighted by Gasteiger charge is 2.16. The minimum atomic E-state index is -0.201. The molecule has 0 aliphatic heterocycles. The van der Waals surface area contributed by atoms with Crippen molar-refractivity contribution in [3.8, 4) is 5.75 Å². The minimum Gasteiger partial charge on any atom is -0.496 e. The SMILES string of the molecule is COc1ccccc1CC(C)NC(C)C(=O)NCC(C)C. The first-order valence-corrected chi connectivity index (χ1v) is 7.59. The summed E-state index contributed by atoms with van der Waals surface area (Å²) in [5, 5.41) is 6.28. The molecule has 2 atom stereocenters. The number of nitrogens with one attached hydrogen (secondary N) is 2. The van der Waals surface area contributed by atoms with E-state index in [1.807, 2.05) is 25.1 Å². The second-order valence-electron chi connectivity index (χ2n) is 5.94. The minimum absolute atomic E-state index is 0.0515. The van der Waals surface area contributed by atoms with E-state index in [2.05, 4.69) is 37.5 Å². The largest absolute Gasteiger partial charge is 0.496 e. The van der Waals surface area contributed by atoms with Crippen LogP contribution in [0.2, 0.25) is 0 Å². The first kappa shape index (κ1) is 17.5. The van der Waals surface area contributed by atoms with Crippen LogP contribution in [0.4, 0.5) is 0 Å². The number of para-hydroxylation sites is 1. The number of amides is 1. The van der Waals surface area contributed by atoms with E-state index in [0.29, 0.717) is 12.5 Å². The van der Waals surface area contributed by atoms with Crippen molar-refractivity contribution < 1.29 is 9.53 Å². The molecule has 0 saturated heterocycles. The van der Waals surface area contributed by atoms with Gasteiger partial charge in [0.1, 0.15) is 5.75 Å². The van der Waals surface area contributed by atoms with E-state index in [1.165, 1.54) is 0 Å². The third kappa shape index (κ3) is 6.17. The van der Waals surface area contributed by atoms with Crippen molar-refractivity contribution >= 4 is 5.91 Å². The molecule has 21 heavy (non-hydrogen) atoms. The summed E-state index contributed by atoms with van der Waals surface area (Å²) < 4.78 is 5.36. The van der Waals surface area contributed by atoms with Crippen molar-refractivity contribution in [1.82, 2.24) is 10.6 Å². The summed E-state index contributed by atoms with van der Waals surface area (Å²) in [6, 6.07) is 7.97. The Balaban J connectivity index is 2.49. The van der Waals surface area contributed by atoms with Gasteiger partial charge in [0, 0.05) is 12.6 Å². The van der Waals surface area contributed by atoms with Crippen LogP contribution in [0.15, 0.2) is 24.3 Å². The molecule has 1 aromatic rings. The fourth-order valence-electron chi connectivity index (χ4n) is 2.22. The van der Waals surface area contributed by atoms with Crippen molar-refractivity contribution in [3.05, 3.63) is 29.8 Å². The molecule has 0 radical (unpaired) electrons. The molecule has 4 nitrogen and oxygen atoms in total. The molecule has 0 aliphatic carbocycles. The zero-order valence-electron chi connectivity index (χ0n) is 13.8. The van der Waals surface area contributed by atoms with Crippen LogP contribution in [0.1, 0.15) is 33.3 Å². The van der Waals surface area contributed by atoms with Gasteiger partial charge < -0.3 is 15.4 Å². The maximum absolute atomic E-state index is 12.0. The molecule has 2 N–H and O–H groups in total. The van der Waals surface area contributed by atoms with Gasteiger partial charge in [0.2, 0.25) is 5.91 Å². The van der Waals surface area contributed by atoms with E-state index in [-0.39, 0.29) is 18.0 Å². The van der Waals surface area contributed by atoms with Gasteiger partial charge >= 0.3 is 0 Å². The van der Waals surface area contributed by atoms with Crippen LogP contribution in [0.25, 0.3) is 0 Å². The van der Waals surface area contributed by atoms with Gasteiger partial charge in [-0.1, -0.05) is 32.0 Å². The van der Waals surface area contributed by atoms with Gasteiger partial charge in [0.15, 0.2) is 0 Å². The van der Waals surface area contributed by atoms with Gasteiger partial charge in [-0.15, -0.1) is 0 Å². The molecule has 0 aliphatic rings. The molecule has 4 heteroatoms. The third-order valence-corrected chi connectivity index (χ3v) is 3.33. The van der Waals surface area contributed by atoms with Crippen molar-refractivity contribution in [2.75, 3.05) is 13.7 Å². The lowest BCUT2D eigenvalue weighted by molar-refractivity contribution is -0.123. The average Bonchev–Trinajstić information content (AvgIpc) is 2.44. The topological polar surface area (TPSA) is 50.4 Å². The number of ether oxygens (including phenoxy) is 1. The second kappa shape index (κ2) is 8.67. The maximum Gasteiger partial charge on any atom is 0.236 e. The lowest BCUT2D eigenvalue weighted by Gasteiger charge is -2.21. The Morgan fingerprint density at radius 2 is 1.86 bits per heavy atom. The number of carbonyl (C=O) groups excluding carboxylic acids is 1. The molecule has 1 amide bonds. The van der Waals surface area contributed by atoms with Crippen LogP contribution in [-0.2, 0) is 11.2 Å². The number of benzene rings is 1. The first-order valence-electron chi connectivity index (χ1n) is 7.59. The lowest BCUT2D eigenvalue weighted by atomic mass is 10.1. The van der Waals surface area contributed by atoms with Crippen LogP contribution < -0.4 is 15.4 Å². The van der Waals surface area contributed by atoms with E-state index < -0.39 is 0 Å². The molecule has 0 aromatic heterocycles. The Hall–Kier alpha value is -1.55. The second-order valence-corrected chi connectivity index (χ2v) is 5.94. The van der Waals surface area contributed by atoms with E-state index >= 15 is 0 Å². The smallest absolute Gasteiger partial charge is 0.236 e. The molecule has 1 aromatic carbocycles. The molecular weight excluding hydrogens is 264 g/mol. The van der Waals surface area contributed by atoms with Gasteiger partial charge in [-0.25, -0.2) is 0 Å². The van der Waals surface area contributed by atoms with E-state index in [9.17, 15) is 4.79 Å². The molecule has 0 bridgehead atoms. The summed E-state index contributed by atoms with van der Waals surface area (Å²) in [5.74, 6) is 1.41. The number of methoxy groups -OCH3 is 1. The number of carbonyl (C=O) groups is 1. The lowest BCUT2D eigenvalue weighted by Crippen LogP contribution is -2.47. The monoisotopic (exact) mass is 292 g/mol. The molecule has 118 valence electrons. The van der Waals surface area contributed by atoms with Gasteiger partial charge in [-0.3, -0.25) is 4.79 Å². The number of rotatable bonds is 8. The Morgan fingerprint density at radius 3 is 2.48 bits per heavy atom. The van der Waals surface area contributed by atoms with Crippen molar-refractivity contribution in [1.29, 1.82) is 0 Å². The van der Waals surface area contributed by atoms with Crippen LogP contribution in [0.3, 0.4) is 0 Å². The van der Waals surface area contributed by atoms with E-state index in [4.69, 9.17) is 4.74 Å². The van der Waals surface area contributed by atoms with E-state index in [0.717, 1.165) is 17.7 Å². The highest BCUT2D eigenvalue weighted by Crippen LogP contribution is 2.18. The molecule has 0 heterocycles. The number of hydrogen-bond acceptors (Lipinski definition) is 3. The van der Waals surface area contributed by atoms with Gasteiger partial charge in [-0.2, -0.15) is 0 Å². The first-order chi connectivity index (χ1) is 9.93. The summed E-state index contributed by atoms with van der Waals surface area (Å²) >= 11 is 0. The molecule has 0 spiro atoms. The predicted molar refractivity (Wildman–Crippen MR) is 86.6 cm³/mol. The fraction of sp³-hybridized carbons (Fsp3) is 0.588. The van der Waals surface area contributed by atoms with Crippen LogP contribution in [0, 0.1) is 5.92 Å². The average molecular weight is 292 g/mol. The normalized spacial score (nSPS) is 13.8. The Morgan fingerprint density at radius 1 is 1.19 bits per heavy atom. The van der Waals surface area contributed by atoms with Crippen LogP contribution in [0.5, 0.6) is 5.75 Å². The molecule has 2 unspecified atom stereocenters. The Labute approximate surface area is 128 Å². The van der Waals surface area contributed by atoms with Crippen LogP contribution in [-0.4, -0.2) is 31.6 Å². The third-order valence-electron chi connectivity index (χ3n) is 3.33.